The summed E-state index contributed by atoms with van der Waals surface area (Å²) in [6.45, 7) is 4.49. The highest BCUT2D eigenvalue weighted by atomic mass is 79.9. The molecule has 1 rings (SSSR count). The van der Waals surface area contributed by atoms with Gasteiger partial charge in [-0.05, 0) is 30.5 Å². The van der Waals surface area contributed by atoms with Crippen LogP contribution >= 0.6 is 15.9 Å². The highest BCUT2D eigenvalue weighted by Gasteiger charge is 2.18. The molecule has 0 aliphatic rings. The molecule has 2 N–H and O–H groups in total. The predicted octanol–water partition coefficient (Wildman–Crippen LogP) is 3.05. The third-order valence-electron chi connectivity index (χ3n) is 2.79. The van der Waals surface area contributed by atoms with E-state index in [2.05, 4.69) is 21.2 Å². The number of benzene rings is 1. The van der Waals surface area contributed by atoms with Gasteiger partial charge < -0.3 is 15.2 Å². The van der Waals surface area contributed by atoms with E-state index in [0.717, 1.165) is 15.8 Å². The lowest BCUT2D eigenvalue weighted by molar-refractivity contribution is -0.140. The zero-order valence-corrected chi connectivity index (χ0v) is 13.0. The lowest BCUT2D eigenvalue weighted by Gasteiger charge is -2.17. The number of halogens is 1. The molecule has 0 aliphatic heterocycles. The Kier molecular flexibility index (Phi) is 6.31. The Hall–Kier alpha value is -1.07. The van der Waals surface area contributed by atoms with Crippen LogP contribution in [0, 0.1) is 5.92 Å². The van der Waals surface area contributed by atoms with Crippen LogP contribution in [-0.2, 0) is 11.3 Å². The second-order valence-electron chi connectivity index (χ2n) is 4.86. The van der Waals surface area contributed by atoms with Gasteiger partial charge in [-0.15, -0.1) is 0 Å². The van der Waals surface area contributed by atoms with Gasteiger partial charge in [-0.1, -0.05) is 29.8 Å². The minimum Gasteiger partial charge on any atom is -0.496 e. The average molecular weight is 330 g/mol. The van der Waals surface area contributed by atoms with E-state index >= 15 is 0 Å². The van der Waals surface area contributed by atoms with Gasteiger partial charge in [0.25, 0.3) is 0 Å². The number of rotatable bonds is 7. The molecule has 0 heterocycles. The minimum absolute atomic E-state index is 0.331. The first kappa shape index (κ1) is 16.0. The molecule has 0 amide bonds. The smallest absolute Gasteiger partial charge is 0.320 e. The molecular formula is C14H20BrNO3. The predicted molar refractivity (Wildman–Crippen MR) is 78.4 cm³/mol. The zero-order valence-electron chi connectivity index (χ0n) is 11.4. The van der Waals surface area contributed by atoms with E-state index in [1.165, 1.54) is 0 Å². The van der Waals surface area contributed by atoms with Crippen molar-refractivity contribution in [3.05, 3.63) is 28.2 Å². The van der Waals surface area contributed by atoms with E-state index in [0.29, 0.717) is 18.9 Å². The van der Waals surface area contributed by atoms with Gasteiger partial charge in [-0.25, -0.2) is 0 Å². The molecule has 19 heavy (non-hydrogen) atoms. The zero-order chi connectivity index (χ0) is 14.4. The summed E-state index contributed by atoms with van der Waals surface area (Å²) in [5.74, 6) is 0.269. The maximum absolute atomic E-state index is 11.2. The maximum Gasteiger partial charge on any atom is 0.320 e. The van der Waals surface area contributed by atoms with Crippen LogP contribution in [0.5, 0.6) is 5.75 Å². The molecule has 0 unspecified atom stereocenters. The van der Waals surface area contributed by atoms with Gasteiger partial charge in [-0.3, -0.25) is 4.79 Å². The van der Waals surface area contributed by atoms with Crippen molar-refractivity contribution in [3.63, 3.8) is 0 Å². The third-order valence-corrected chi connectivity index (χ3v) is 3.28. The van der Waals surface area contributed by atoms with Crippen LogP contribution < -0.4 is 10.1 Å². The summed E-state index contributed by atoms with van der Waals surface area (Å²) < 4.78 is 6.21. The Morgan fingerprint density at radius 2 is 2.16 bits per heavy atom. The van der Waals surface area contributed by atoms with Crippen LogP contribution in [-0.4, -0.2) is 24.2 Å². The molecule has 106 valence electrons. The Morgan fingerprint density at radius 1 is 1.47 bits per heavy atom. The van der Waals surface area contributed by atoms with E-state index in [1.807, 2.05) is 32.0 Å². The number of carboxylic acids is 1. The van der Waals surface area contributed by atoms with E-state index in [1.54, 1.807) is 7.11 Å². The molecule has 0 saturated heterocycles. The molecule has 1 atom stereocenters. The molecule has 0 bridgehead atoms. The molecular weight excluding hydrogens is 310 g/mol. The summed E-state index contributed by atoms with van der Waals surface area (Å²) >= 11 is 3.40. The van der Waals surface area contributed by atoms with Gasteiger partial charge in [0.1, 0.15) is 11.8 Å². The van der Waals surface area contributed by atoms with Crippen LogP contribution in [0.1, 0.15) is 25.8 Å². The van der Waals surface area contributed by atoms with Crippen LogP contribution in [0.25, 0.3) is 0 Å². The molecule has 1 aromatic rings. The molecule has 0 aromatic heterocycles. The summed E-state index contributed by atoms with van der Waals surface area (Å²) in [6.07, 6.45) is 0.603. The Morgan fingerprint density at radius 3 is 2.68 bits per heavy atom. The molecule has 0 radical (unpaired) electrons. The number of methoxy groups -OCH3 is 1. The average Bonchev–Trinajstić information content (AvgIpc) is 2.34. The van der Waals surface area contributed by atoms with Gasteiger partial charge in [0.2, 0.25) is 0 Å². The first-order chi connectivity index (χ1) is 8.93. The van der Waals surface area contributed by atoms with Crippen molar-refractivity contribution in [3.8, 4) is 5.75 Å². The first-order valence-corrected chi connectivity index (χ1v) is 7.02. The van der Waals surface area contributed by atoms with Crippen molar-refractivity contribution in [2.75, 3.05) is 7.11 Å². The highest BCUT2D eigenvalue weighted by Crippen LogP contribution is 2.23. The standard InChI is InChI=1S/C14H20BrNO3/c1-9(2)6-12(14(17)18)16-8-10-7-11(15)4-5-13(10)19-3/h4-5,7,9,12,16H,6,8H2,1-3H3,(H,17,18)/t12-/m1/s1. The quantitative estimate of drug-likeness (QED) is 0.807. The topological polar surface area (TPSA) is 58.6 Å². The SMILES string of the molecule is COc1ccc(Br)cc1CN[C@H](CC(C)C)C(=O)O. The minimum atomic E-state index is -0.817. The summed E-state index contributed by atoms with van der Waals surface area (Å²) in [7, 11) is 1.61. The molecule has 0 aliphatic carbocycles. The molecule has 4 nitrogen and oxygen atoms in total. The van der Waals surface area contributed by atoms with E-state index in [-0.39, 0.29) is 0 Å². The summed E-state index contributed by atoms with van der Waals surface area (Å²) in [6, 6.07) is 5.15. The number of hydrogen-bond acceptors (Lipinski definition) is 3. The van der Waals surface area contributed by atoms with Gasteiger partial charge in [0.05, 0.1) is 7.11 Å². The van der Waals surface area contributed by atoms with Gasteiger partial charge in [-0.2, -0.15) is 0 Å². The second-order valence-corrected chi connectivity index (χ2v) is 5.77. The third kappa shape index (κ3) is 5.20. The number of carboxylic acid groups (broad SMARTS) is 1. The van der Waals surface area contributed by atoms with Crippen molar-refractivity contribution in [1.82, 2.24) is 5.32 Å². The first-order valence-electron chi connectivity index (χ1n) is 6.22. The molecule has 0 saturated carbocycles. The van der Waals surface area contributed by atoms with Crippen molar-refractivity contribution in [2.45, 2.75) is 32.9 Å². The molecule has 0 fully saturated rings. The van der Waals surface area contributed by atoms with Crippen molar-refractivity contribution < 1.29 is 14.6 Å². The van der Waals surface area contributed by atoms with Crippen LogP contribution in [0.15, 0.2) is 22.7 Å². The van der Waals surface area contributed by atoms with Crippen molar-refractivity contribution in [1.29, 1.82) is 0 Å². The maximum atomic E-state index is 11.2. The number of hydrogen-bond donors (Lipinski definition) is 2. The molecule has 0 spiro atoms. The Balaban J connectivity index is 2.73. The van der Waals surface area contributed by atoms with Crippen LogP contribution in [0.4, 0.5) is 0 Å². The summed E-state index contributed by atoms with van der Waals surface area (Å²) in [5.41, 5.74) is 0.937. The highest BCUT2D eigenvalue weighted by molar-refractivity contribution is 9.10. The van der Waals surface area contributed by atoms with E-state index < -0.39 is 12.0 Å². The lowest BCUT2D eigenvalue weighted by atomic mass is 10.0. The van der Waals surface area contributed by atoms with Gasteiger partial charge >= 0.3 is 5.97 Å². The number of nitrogens with one attached hydrogen (secondary N) is 1. The van der Waals surface area contributed by atoms with Crippen LogP contribution in [0.2, 0.25) is 0 Å². The largest absolute Gasteiger partial charge is 0.496 e. The van der Waals surface area contributed by atoms with E-state index in [9.17, 15) is 9.90 Å². The fraction of sp³-hybridized carbons (Fsp3) is 0.500. The molecule has 5 heteroatoms. The monoisotopic (exact) mass is 329 g/mol. The Labute approximate surface area is 122 Å². The van der Waals surface area contributed by atoms with Gasteiger partial charge in [0, 0.05) is 16.6 Å². The summed E-state index contributed by atoms with van der Waals surface area (Å²) in [4.78, 5) is 11.2. The van der Waals surface area contributed by atoms with Crippen molar-refractivity contribution in [2.24, 2.45) is 5.92 Å². The summed E-state index contributed by atoms with van der Waals surface area (Å²) in [5, 5.41) is 12.2. The second kappa shape index (κ2) is 7.50. The normalized spacial score (nSPS) is 12.5. The van der Waals surface area contributed by atoms with Gasteiger partial charge in [0.15, 0.2) is 0 Å². The van der Waals surface area contributed by atoms with E-state index in [4.69, 9.17) is 4.74 Å². The number of carbonyl (C=O) groups is 1. The fourth-order valence-corrected chi connectivity index (χ4v) is 2.27. The number of ether oxygens (including phenoxy) is 1. The lowest BCUT2D eigenvalue weighted by Crippen LogP contribution is -2.37. The van der Waals surface area contributed by atoms with Crippen molar-refractivity contribution >= 4 is 21.9 Å². The van der Waals surface area contributed by atoms with Crippen LogP contribution in [0.3, 0.4) is 0 Å². The Bertz CT molecular complexity index is 435. The molecule has 1 aromatic carbocycles. The number of aliphatic carboxylic acids is 1. The fourth-order valence-electron chi connectivity index (χ4n) is 1.86.